The second-order valence-corrected chi connectivity index (χ2v) is 5.52. The van der Waals surface area contributed by atoms with E-state index in [-0.39, 0.29) is 12.7 Å². The molecular formula is C15H14N2O2S. The van der Waals surface area contributed by atoms with Gasteiger partial charge in [0.2, 0.25) is 0 Å². The third kappa shape index (κ3) is 2.72. The van der Waals surface area contributed by atoms with Crippen molar-refractivity contribution < 1.29 is 9.53 Å². The molecule has 2 aromatic rings. The monoisotopic (exact) mass is 286 g/mol. The average molecular weight is 286 g/mol. The SMILES string of the molecule is Cc1csc(COC(=O)N2C=Cc3ccccc3C2)n1. The first-order chi connectivity index (χ1) is 9.72. The quantitative estimate of drug-likeness (QED) is 0.847. The van der Waals surface area contributed by atoms with Gasteiger partial charge in [0, 0.05) is 17.3 Å². The van der Waals surface area contributed by atoms with Crippen molar-refractivity contribution >= 4 is 23.5 Å². The molecule has 0 unspecified atom stereocenters. The zero-order valence-corrected chi connectivity index (χ0v) is 11.9. The second kappa shape index (κ2) is 5.46. The fraction of sp³-hybridized carbons (Fsp3) is 0.200. The lowest BCUT2D eigenvalue weighted by molar-refractivity contribution is 0.108. The Labute approximate surface area is 121 Å². The Hall–Kier alpha value is -2.14. The molecule has 4 nitrogen and oxygen atoms in total. The smallest absolute Gasteiger partial charge is 0.414 e. The van der Waals surface area contributed by atoms with Crippen molar-refractivity contribution in [3.8, 4) is 0 Å². The Bertz CT molecular complexity index is 663. The van der Waals surface area contributed by atoms with E-state index >= 15 is 0 Å². The number of aryl methyl sites for hydroxylation is 1. The lowest BCUT2D eigenvalue weighted by Gasteiger charge is -2.22. The summed E-state index contributed by atoms with van der Waals surface area (Å²) in [7, 11) is 0. The van der Waals surface area contributed by atoms with Crippen LogP contribution in [0, 0.1) is 6.92 Å². The highest BCUT2D eigenvalue weighted by atomic mass is 32.1. The van der Waals surface area contributed by atoms with E-state index < -0.39 is 0 Å². The Balaban J connectivity index is 1.62. The van der Waals surface area contributed by atoms with Crippen LogP contribution in [0.3, 0.4) is 0 Å². The van der Waals surface area contributed by atoms with Crippen LogP contribution in [0.5, 0.6) is 0 Å². The Morgan fingerprint density at radius 1 is 1.45 bits per heavy atom. The molecule has 5 heteroatoms. The molecule has 102 valence electrons. The third-order valence-corrected chi connectivity index (χ3v) is 3.99. The maximum absolute atomic E-state index is 12.0. The van der Waals surface area contributed by atoms with E-state index in [1.165, 1.54) is 11.3 Å². The predicted molar refractivity (Wildman–Crippen MR) is 78.1 cm³/mol. The van der Waals surface area contributed by atoms with Crippen LogP contribution in [-0.2, 0) is 17.9 Å². The summed E-state index contributed by atoms with van der Waals surface area (Å²) >= 11 is 1.50. The van der Waals surface area contributed by atoms with Crippen LogP contribution in [0.4, 0.5) is 4.79 Å². The molecule has 0 N–H and O–H groups in total. The van der Waals surface area contributed by atoms with Crippen molar-refractivity contribution in [2.24, 2.45) is 0 Å². The van der Waals surface area contributed by atoms with E-state index in [4.69, 9.17) is 4.74 Å². The number of aromatic nitrogens is 1. The number of fused-ring (bicyclic) bond motifs is 1. The number of thiazole rings is 1. The van der Waals surface area contributed by atoms with E-state index in [9.17, 15) is 4.79 Å². The molecule has 0 radical (unpaired) electrons. The predicted octanol–water partition coefficient (Wildman–Crippen LogP) is 3.57. The topological polar surface area (TPSA) is 42.4 Å². The van der Waals surface area contributed by atoms with Crippen LogP contribution in [0.1, 0.15) is 21.8 Å². The first-order valence-corrected chi connectivity index (χ1v) is 7.21. The number of amides is 1. The maximum atomic E-state index is 12.0. The summed E-state index contributed by atoms with van der Waals surface area (Å²) in [4.78, 5) is 17.9. The van der Waals surface area contributed by atoms with E-state index in [2.05, 4.69) is 4.98 Å². The molecule has 2 heterocycles. The highest BCUT2D eigenvalue weighted by Gasteiger charge is 2.18. The summed E-state index contributed by atoms with van der Waals surface area (Å²) in [6, 6.07) is 8.01. The van der Waals surface area contributed by atoms with Crippen molar-refractivity contribution in [2.75, 3.05) is 0 Å². The summed E-state index contributed by atoms with van der Waals surface area (Å²) in [5.74, 6) is 0. The first kappa shape index (κ1) is 12.9. The number of nitrogens with zero attached hydrogens (tertiary/aromatic N) is 2. The van der Waals surface area contributed by atoms with Gasteiger partial charge in [-0.2, -0.15) is 0 Å². The largest absolute Gasteiger partial charge is 0.442 e. The van der Waals surface area contributed by atoms with Gasteiger partial charge in [0.05, 0.1) is 6.54 Å². The Kier molecular flexibility index (Phi) is 3.52. The van der Waals surface area contributed by atoms with Crippen molar-refractivity contribution in [1.82, 2.24) is 9.88 Å². The summed E-state index contributed by atoms with van der Waals surface area (Å²) in [6.45, 7) is 2.69. The summed E-state index contributed by atoms with van der Waals surface area (Å²) in [6.07, 6.45) is 3.34. The van der Waals surface area contributed by atoms with E-state index in [0.29, 0.717) is 6.54 Å². The number of rotatable bonds is 2. The summed E-state index contributed by atoms with van der Waals surface area (Å²) in [5.41, 5.74) is 3.22. The van der Waals surface area contributed by atoms with Crippen LogP contribution in [0.2, 0.25) is 0 Å². The van der Waals surface area contributed by atoms with Crippen LogP contribution in [-0.4, -0.2) is 16.0 Å². The molecule has 1 aromatic heterocycles. The van der Waals surface area contributed by atoms with Crippen LogP contribution >= 0.6 is 11.3 Å². The Morgan fingerprint density at radius 3 is 3.10 bits per heavy atom. The van der Waals surface area contributed by atoms with Crippen LogP contribution in [0.15, 0.2) is 35.8 Å². The Morgan fingerprint density at radius 2 is 2.30 bits per heavy atom. The van der Waals surface area contributed by atoms with Gasteiger partial charge in [0.15, 0.2) is 0 Å². The van der Waals surface area contributed by atoms with Crippen LogP contribution in [0.25, 0.3) is 6.08 Å². The summed E-state index contributed by atoms with van der Waals surface area (Å²) in [5, 5.41) is 2.76. The van der Waals surface area contributed by atoms with Crippen molar-refractivity contribution in [1.29, 1.82) is 0 Å². The molecule has 3 rings (SSSR count). The molecule has 0 aliphatic carbocycles. The van der Waals surface area contributed by atoms with Gasteiger partial charge < -0.3 is 4.74 Å². The van der Waals surface area contributed by atoms with Gasteiger partial charge in [0.25, 0.3) is 0 Å². The molecule has 0 atom stereocenters. The number of benzene rings is 1. The molecule has 1 aromatic carbocycles. The molecule has 1 aliphatic heterocycles. The highest BCUT2D eigenvalue weighted by Crippen LogP contribution is 2.20. The maximum Gasteiger partial charge on any atom is 0.414 e. The van der Waals surface area contributed by atoms with Crippen LogP contribution < -0.4 is 0 Å². The molecule has 20 heavy (non-hydrogen) atoms. The summed E-state index contributed by atoms with van der Waals surface area (Å²) < 4.78 is 5.28. The zero-order valence-electron chi connectivity index (χ0n) is 11.1. The molecule has 0 fully saturated rings. The molecule has 1 amide bonds. The molecule has 0 spiro atoms. The second-order valence-electron chi connectivity index (χ2n) is 4.58. The minimum absolute atomic E-state index is 0.226. The highest BCUT2D eigenvalue weighted by molar-refractivity contribution is 7.09. The minimum Gasteiger partial charge on any atom is -0.442 e. The van der Waals surface area contributed by atoms with Gasteiger partial charge in [-0.1, -0.05) is 24.3 Å². The molecule has 1 aliphatic rings. The van der Waals surface area contributed by atoms with Gasteiger partial charge in [-0.25, -0.2) is 9.78 Å². The number of carbonyl (C=O) groups excluding carboxylic acids is 1. The number of hydrogen-bond acceptors (Lipinski definition) is 4. The van der Waals surface area contributed by atoms with Crippen molar-refractivity contribution in [3.05, 3.63) is 57.7 Å². The fourth-order valence-corrected chi connectivity index (χ4v) is 2.73. The number of hydrogen-bond donors (Lipinski definition) is 0. The molecular weight excluding hydrogens is 272 g/mol. The van der Waals surface area contributed by atoms with Gasteiger partial charge in [-0.05, 0) is 24.1 Å². The van der Waals surface area contributed by atoms with E-state index in [1.807, 2.05) is 42.6 Å². The van der Waals surface area contributed by atoms with E-state index in [1.54, 1.807) is 11.1 Å². The normalized spacial score (nSPS) is 13.2. The van der Waals surface area contributed by atoms with Gasteiger partial charge in [-0.15, -0.1) is 11.3 Å². The zero-order chi connectivity index (χ0) is 13.9. The lowest BCUT2D eigenvalue weighted by Crippen LogP contribution is -2.27. The standard InChI is InChI=1S/C15H14N2O2S/c1-11-10-20-14(16-11)9-19-15(18)17-7-6-12-4-2-3-5-13(12)8-17/h2-7,10H,8-9H2,1H3. The third-order valence-electron chi connectivity index (χ3n) is 3.05. The van der Waals surface area contributed by atoms with Gasteiger partial charge in [-0.3, -0.25) is 4.90 Å². The average Bonchev–Trinajstić information content (AvgIpc) is 2.90. The fourth-order valence-electron chi connectivity index (χ4n) is 2.05. The molecule has 0 saturated heterocycles. The van der Waals surface area contributed by atoms with Gasteiger partial charge in [0.1, 0.15) is 11.6 Å². The number of ether oxygens (including phenoxy) is 1. The van der Waals surface area contributed by atoms with Crippen molar-refractivity contribution in [2.45, 2.75) is 20.1 Å². The lowest BCUT2D eigenvalue weighted by atomic mass is 10.1. The van der Waals surface area contributed by atoms with Gasteiger partial charge >= 0.3 is 6.09 Å². The molecule has 0 bridgehead atoms. The minimum atomic E-state index is -0.344. The number of carbonyl (C=O) groups is 1. The van der Waals surface area contributed by atoms with Crippen molar-refractivity contribution in [3.63, 3.8) is 0 Å². The first-order valence-electron chi connectivity index (χ1n) is 6.33. The molecule has 0 saturated carbocycles. The van der Waals surface area contributed by atoms with E-state index in [0.717, 1.165) is 21.8 Å².